The molecule has 0 saturated carbocycles. The Labute approximate surface area is 99.7 Å². The molecule has 0 bridgehead atoms. The molecule has 96 valence electrons. The predicted molar refractivity (Wildman–Crippen MR) is 58.4 cm³/mol. The third-order valence-electron chi connectivity index (χ3n) is 2.62. The third kappa shape index (κ3) is 1.98. The first-order valence-corrected chi connectivity index (χ1v) is 5.21. The Morgan fingerprint density at radius 2 is 2.00 bits per heavy atom. The summed E-state index contributed by atoms with van der Waals surface area (Å²) in [6.07, 6.45) is -4.55. The lowest BCUT2D eigenvalue weighted by atomic mass is 10.1. The lowest BCUT2D eigenvalue weighted by Crippen LogP contribution is -2.23. The van der Waals surface area contributed by atoms with Crippen LogP contribution >= 0.6 is 0 Å². The highest BCUT2D eigenvalue weighted by Gasteiger charge is 2.39. The Morgan fingerprint density at radius 1 is 1.33 bits per heavy atom. The maximum atomic E-state index is 13.1. The van der Waals surface area contributed by atoms with E-state index in [4.69, 9.17) is 9.83 Å². The molecular weight excluding hydrogens is 250 g/mol. The molecule has 0 spiro atoms. The van der Waals surface area contributed by atoms with Gasteiger partial charge in [-0.2, -0.15) is 13.2 Å². The van der Waals surface area contributed by atoms with Gasteiger partial charge in [0.05, 0.1) is 0 Å². The molecule has 2 nitrogen and oxygen atoms in total. The summed E-state index contributed by atoms with van der Waals surface area (Å²) in [5.74, 6) is -1.09. The van der Waals surface area contributed by atoms with Crippen LogP contribution in [0.4, 0.5) is 17.6 Å². The molecule has 0 unspecified atom stereocenters. The molecule has 0 aliphatic heterocycles. The van der Waals surface area contributed by atoms with Crippen molar-refractivity contribution in [1.82, 2.24) is 0 Å². The van der Waals surface area contributed by atoms with Crippen molar-refractivity contribution in [3.63, 3.8) is 0 Å². The van der Waals surface area contributed by atoms with Crippen molar-refractivity contribution < 1.29 is 22.0 Å². The van der Waals surface area contributed by atoms with Crippen LogP contribution in [0.2, 0.25) is 0 Å². The number of alkyl halides is 3. The molecule has 2 aromatic rings. The van der Waals surface area contributed by atoms with Crippen LogP contribution in [0.15, 0.2) is 22.6 Å². The van der Waals surface area contributed by atoms with Crippen LogP contribution in [-0.4, -0.2) is 11.9 Å². The molecule has 0 aliphatic carbocycles. The van der Waals surface area contributed by atoms with E-state index in [1.165, 1.54) is 6.07 Å². The van der Waals surface area contributed by atoms with Crippen LogP contribution in [0.1, 0.15) is 18.2 Å². The predicted octanol–water partition coefficient (Wildman–Crippen LogP) is 4.06. The van der Waals surface area contributed by atoms with E-state index >= 15 is 0 Å². The van der Waals surface area contributed by atoms with Gasteiger partial charge in [-0.1, -0.05) is 6.92 Å². The van der Waals surface area contributed by atoms with Crippen LogP contribution in [0, 0.1) is 11.2 Å². The van der Waals surface area contributed by atoms with E-state index in [0.717, 1.165) is 12.1 Å². The number of aryl methyl sites for hydroxylation is 1. The molecule has 1 N–H and O–H groups in total. The summed E-state index contributed by atoms with van der Waals surface area (Å²) in [7, 11) is 0. The fourth-order valence-electron chi connectivity index (χ4n) is 1.80. The maximum Gasteiger partial charge on any atom is 0.436 e. The fourth-order valence-corrected chi connectivity index (χ4v) is 1.80. The van der Waals surface area contributed by atoms with Crippen molar-refractivity contribution in [3.05, 3.63) is 35.3 Å². The fraction of sp³-hybridized carbons (Fsp3) is 0.250. The molecule has 0 atom stereocenters. The zero-order valence-corrected chi connectivity index (χ0v) is 9.36. The molecule has 2 rings (SSSR count). The number of hydrogen-bond acceptors (Lipinski definition) is 2. The Kier molecular flexibility index (Phi) is 2.88. The van der Waals surface area contributed by atoms with Gasteiger partial charge in [0.15, 0.2) is 11.5 Å². The highest BCUT2D eigenvalue weighted by molar-refractivity contribution is 6.05. The third-order valence-corrected chi connectivity index (χ3v) is 2.62. The van der Waals surface area contributed by atoms with Gasteiger partial charge in [-0.15, -0.1) is 0 Å². The second-order valence-corrected chi connectivity index (χ2v) is 3.78. The Bertz CT molecular complexity index is 612. The first kappa shape index (κ1) is 12.6. The number of fused-ring (bicyclic) bond motifs is 1. The topological polar surface area (TPSA) is 37.0 Å². The molecule has 18 heavy (non-hydrogen) atoms. The number of halogens is 4. The molecule has 1 heterocycles. The average Bonchev–Trinajstić information content (AvgIpc) is 2.64. The second kappa shape index (κ2) is 4.12. The zero-order valence-electron chi connectivity index (χ0n) is 9.36. The first-order valence-electron chi connectivity index (χ1n) is 5.21. The van der Waals surface area contributed by atoms with E-state index in [1.807, 2.05) is 0 Å². The van der Waals surface area contributed by atoms with E-state index in [2.05, 4.69) is 0 Å². The highest BCUT2D eigenvalue weighted by Crippen LogP contribution is 2.31. The lowest BCUT2D eigenvalue weighted by Gasteiger charge is -2.06. The summed E-state index contributed by atoms with van der Waals surface area (Å²) in [5, 5.41) is 7.38. The summed E-state index contributed by atoms with van der Waals surface area (Å²) in [5.41, 5.74) is -1.19. The summed E-state index contributed by atoms with van der Waals surface area (Å²) in [4.78, 5) is 0. The van der Waals surface area contributed by atoms with Gasteiger partial charge < -0.3 is 4.42 Å². The quantitative estimate of drug-likeness (QED) is 0.640. The van der Waals surface area contributed by atoms with Crippen LogP contribution in [0.5, 0.6) is 0 Å². The molecule has 1 aromatic carbocycles. The number of furan rings is 1. The molecule has 0 radical (unpaired) electrons. The Morgan fingerprint density at radius 3 is 2.56 bits per heavy atom. The minimum atomic E-state index is -4.78. The number of hydrogen-bond donors (Lipinski definition) is 1. The van der Waals surface area contributed by atoms with Gasteiger partial charge in [0.1, 0.15) is 11.4 Å². The van der Waals surface area contributed by atoms with Gasteiger partial charge in [0.2, 0.25) is 0 Å². The van der Waals surface area contributed by atoms with Crippen molar-refractivity contribution in [1.29, 1.82) is 5.41 Å². The summed E-state index contributed by atoms with van der Waals surface area (Å²) >= 11 is 0. The summed E-state index contributed by atoms with van der Waals surface area (Å²) in [6, 6.07) is 3.48. The normalized spacial score (nSPS) is 12.1. The van der Waals surface area contributed by atoms with Crippen molar-refractivity contribution in [2.75, 3.05) is 0 Å². The minimum absolute atomic E-state index is 0.150. The lowest BCUT2D eigenvalue weighted by molar-refractivity contribution is -0.0596. The largest absolute Gasteiger partial charge is 0.454 e. The molecule has 0 fully saturated rings. The van der Waals surface area contributed by atoms with Gasteiger partial charge >= 0.3 is 6.18 Å². The van der Waals surface area contributed by atoms with Crippen LogP contribution < -0.4 is 0 Å². The smallest absolute Gasteiger partial charge is 0.436 e. The molecule has 6 heteroatoms. The second-order valence-electron chi connectivity index (χ2n) is 3.78. The Hall–Kier alpha value is -1.85. The van der Waals surface area contributed by atoms with E-state index in [-0.39, 0.29) is 23.0 Å². The van der Waals surface area contributed by atoms with Gasteiger partial charge in [0.25, 0.3) is 0 Å². The summed E-state index contributed by atoms with van der Waals surface area (Å²) < 4.78 is 55.6. The monoisotopic (exact) mass is 259 g/mol. The van der Waals surface area contributed by atoms with Gasteiger partial charge in [0, 0.05) is 10.9 Å². The van der Waals surface area contributed by atoms with Crippen molar-refractivity contribution in [3.8, 4) is 0 Å². The molecule has 0 aliphatic rings. The first-order chi connectivity index (χ1) is 8.34. The van der Waals surface area contributed by atoms with Crippen LogP contribution in [-0.2, 0) is 6.42 Å². The number of rotatable bonds is 2. The van der Waals surface area contributed by atoms with Crippen LogP contribution in [0.3, 0.4) is 0 Å². The van der Waals surface area contributed by atoms with Gasteiger partial charge in [-0.25, -0.2) is 4.39 Å². The average molecular weight is 259 g/mol. The molecule has 0 amide bonds. The standard InChI is InChI=1S/C12H9F4NO/c1-2-7-8-5-6(13)3-4-9(8)18-10(7)11(17)12(14,15)16/h3-5,17H,2H2,1H3. The van der Waals surface area contributed by atoms with Crippen molar-refractivity contribution >= 4 is 16.7 Å². The van der Waals surface area contributed by atoms with E-state index in [1.54, 1.807) is 6.92 Å². The summed E-state index contributed by atoms with van der Waals surface area (Å²) in [6.45, 7) is 1.63. The number of benzene rings is 1. The SMILES string of the molecule is CCc1c(C(=N)C(F)(F)F)oc2ccc(F)cc12. The van der Waals surface area contributed by atoms with Crippen molar-refractivity contribution in [2.24, 2.45) is 0 Å². The van der Waals surface area contributed by atoms with Crippen molar-refractivity contribution in [2.45, 2.75) is 19.5 Å². The number of nitrogens with one attached hydrogen (secondary N) is 1. The Balaban J connectivity index is 2.69. The van der Waals surface area contributed by atoms with Crippen LogP contribution in [0.25, 0.3) is 11.0 Å². The van der Waals surface area contributed by atoms with E-state index in [0.29, 0.717) is 0 Å². The molecular formula is C12H9F4NO. The van der Waals surface area contributed by atoms with E-state index < -0.39 is 23.5 Å². The molecule has 0 saturated heterocycles. The highest BCUT2D eigenvalue weighted by atomic mass is 19.4. The molecule has 1 aromatic heterocycles. The van der Waals surface area contributed by atoms with Gasteiger partial charge in [-0.3, -0.25) is 5.41 Å². The minimum Gasteiger partial charge on any atom is -0.454 e. The van der Waals surface area contributed by atoms with E-state index in [9.17, 15) is 17.6 Å². The zero-order chi connectivity index (χ0) is 13.5. The maximum absolute atomic E-state index is 13.1. The van der Waals surface area contributed by atoms with Gasteiger partial charge in [-0.05, 0) is 24.6 Å².